The second kappa shape index (κ2) is 16.3. The maximum absolute atomic E-state index is 11.1. The Kier molecular flexibility index (Phi) is 9.74. The van der Waals surface area contributed by atoms with E-state index >= 15 is 0 Å². The van der Waals surface area contributed by atoms with Crippen molar-refractivity contribution in [3.05, 3.63) is 234 Å². The van der Waals surface area contributed by atoms with Crippen LogP contribution >= 0.6 is 0 Å². The van der Waals surface area contributed by atoms with Crippen molar-refractivity contribution in [3.8, 4) is 73.1 Å². The minimum Gasteiger partial charge on any atom is -0.307 e. The number of aryl methyl sites for hydroxylation is 4. The van der Waals surface area contributed by atoms with Crippen LogP contribution in [0.2, 0.25) is 0 Å². The summed E-state index contributed by atoms with van der Waals surface area (Å²) < 4.78 is 4.81. The van der Waals surface area contributed by atoms with Gasteiger partial charge in [-0.15, -0.1) is 0 Å². The highest BCUT2D eigenvalue weighted by molar-refractivity contribution is 6.14. The van der Waals surface area contributed by atoms with Gasteiger partial charge in [0.25, 0.3) is 0 Å². The molecule has 9 aromatic carbocycles. The zero-order chi connectivity index (χ0) is 46.0. The molecular weight excluding hydrogens is 825 g/mol. The molecule has 0 saturated carbocycles. The number of benzene rings is 9. The van der Waals surface area contributed by atoms with Gasteiger partial charge in [-0.05, 0) is 151 Å². The number of rotatable bonds is 7. The Labute approximate surface area is 396 Å². The van der Waals surface area contributed by atoms with Crippen LogP contribution in [-0.4, -0.2) is 14.1 Å². The molecule has 0 bridgehead atoms. The minimum atomic E-state index is 0.585. The summed E-state index contributed by atoms with van der Waals surface area (Å²) in [4.78, 5) is 4.36. The first-order valence-electron chi connectivity index (χ1n) is 23.2. The zero-order valence-corrected chi connectivity index (χ0v) is 38.4. The molecule has 0 aliphatic rings. The van der Waals surface area contributed by atoms with Crippen LogP contribution in [0.15, 0.2) is 207 Å². The number of fused-ring (bicyclic) bond motifs is 6. The number of hydrogen-bond donors (Lipinski definition) is 0. The van der Waals surface area contributed by atoms with Gasteiger partial charge in [0, 0.05) is 39.5 Å². The molecular formula is C64H46N4. The number of pyridine rings is 1. The molecule has 0 unspecified atom stereocenters. The maximum atomic E-state index is 11.1. The maximum Gasteiger partial charge on any atom is 0.0998 e. The van der Waals surface area contributed by atoms with Crippen molar-refractivity contribution in [1.82, 2.24) is 14.1 Å². The number of nitriles is 1. The summed E-state index contributed by atoms with van der Waals surface area (Å²) in [7, 11) is 0. The molecule has 3 aromatic heterocycles. The lowest BCUT2D eigenvalue weighted by Gasteiger charge is -2.20. The van der Waals surface area contributed by atoms with Crippen molar-refractivity contribution >= 4 is 43.6 Å². The summed E-state index contributed by atoms with van der Waals surface area (Å²) in [6.07, 6.45) is 3.60. The third kappa shape index (κ3) is 6.96. The number of hydrogen-bond acceptors (Lipinski definition) is 2. The number of aromatic nitrogens is 3. The Hall–Kier alpha value is -8.78. The van der Waals surface area contributed by atoms with Crippen LogP contribution in [0.25, 0.3) is 111 Å². The molecule has 12 rings (SSSR count). The zero-order valence-electron chi connectivity index (χ0n) is 38.4. The topological polar surface area (TPSA) is 46.5 Å². The van der Waals surface area contributed by atoms with Crippen molar-refractivity contribution in [1.29, 1.82) is 5.26 Å². The highest BCUT2D eigenvalue weighted by atomic mass is 15.1. The number of nitrogens with zero attached hydrogens (tertiary/aromatic N) is 4. The first-order chi connectivity index (χ1) is 33.3. The average molecular weight is 871 g/mol. The van der Waals surface area contributed by atoms with E-state index in [0.717, 1.165) is 88.4 Å². The van der Waals surface area contributed by atoms with Gasteiger partial charge in [0.05, 0.1) is 45.1 Å². The van der Waals surface area contributed by atoms with Gasteiger partial charge < -0.3 is 9.13 Å². The summed E-state index contributed by atoms with van der Waals surface area (Å²) in [5, 5.41) is 15.7. The first-order valence-corrected chi connectivity index (χ1v) is 23.2. The summed E-state index contributed by atoms with van der Waals surface area (Å²) in [5.41, 5.74) is 22.8. The summed E-state index contributed by atoms with van der Waals surface area (Å²) in [6, 6.07) is 73.4. The second-order valence-electron chi connectivity index (χ2n) is 18.3. The van der Waals surface area contributed by atoms with E-state index in [1.807, 2.05) is 12.1 Å². The first kappa shape index (κ1) is 40.7. The van der Waals surface area contributed by atoms with Gasteiger partial charge in [-0.1, -0.05) is 144 Å². The molecule has 0 radical (unpaired) electrons. The highest BCUT2D eigenvalue weighted by Crippen LogP contribution is 2.44. The molecule has 0 aliphatic heterocycles. The van der Waals surface area contributed by atoms with E-state index in [1.165, 1.54) is 44.5 Å². The Morgan fingerprint density at radius 3 is 0.985 bits per heavy atom. The van der Waals surface area contributed by atoms with Crippen LogP contribution in [0.1, 0.15) is 27.8 Å². The van der Waals surface area contributed by atoms with Gasteiger partial charge in [0.15, 0.2) is 0 Å². The Morgan fingerprint density at radius 2 is 0.662 bits per heavy atom. The third-order valence-corrected chi connectivity index (χ3v) is 13.6. The van der Waals surface area contributed by atoms with E-state index < -0.39 is 0 Å². The van der Waals surface area contributed by atoms with E-state index in [-0.39, 0.29) is 0 Å². The molecule has 4 nitrogen and oxygen atoms in total. The van der Waals surface area contributed by atoms with Gasteiger partial charge in [-0.25, -0.2) is 0 Å². The quantitative estimate of drug-likeness (QED) is 0.160. The van der Waals surface area contributed by atoms with E-state index in [0.29, 0.717) is 5.56 Å². The van der Waals surface area contributed by atoms with E-state index in [4.69, 9.17) is 0 Å². The molecule has 0 saturated heterocycles. The average Bonchev–Trinajstić information content (AvgIpc) is 3.87. The predicted molar refractivity (Wildman–Crippen MR) is 284 cm³/mol. The second-order valence-corrected chi connectivity index (χ2v) is 18.3. The fraction of sp³-hybridized carbons (Fsp3) is 0.0625. The lowest BCUT2D eigenvalue weighted by atomic mass is 9.98. The molecule has 0 spiro atoms. The summed E-state index contributed by atoms with van der Waals surface area (Å²) in [6.45, 7) is 8.59. The van der Waals surface area contributed by atoms with E-state index in [2.05, 4.69) is 230 Å². The van der Waals surface area contributed by atoms with Crippen molar-refractivity contribution in [2.45, 2.75) is 27.7 Å². The van der Waals surface area contributed by atoms with E-state index in [1.54, 1.807) is 12.4 Å². The third-order valence-electron chi connectivity index (χ3n) is 13.6. The standard InChI is InChI=1S/C64H46N4/c1-40-9-5-13-45(29-40)49-17-21-59-55(33-49)56-34-50(46-14-6-10-41(2)30-46)18-22-60(56)67(59)63-37-53(39-65)54(44-25-27-66-28-26-44)38-64(63)68-61-23-19-51(47-15-7-11-42(3)31-47)35-57(61)58-36-52(20-24-62(58)68)48-16-8-12-43(4)32-48/h5-38H,1-4H3. The largest absolute Gasteiger partial charge is 0.307 e. The molecule has 3 heterocycles. The monoisotopic (exact) mass is 870 g/mol. The lowest BCUT2D eigenvalue weighted by Crippen LogP contribution is -2.05. The summed E-state index contributed by atoms with van der Waals surface area (Å²) >= 11 is 0. The van der Waals surface area contributed by atoms with Crippen molar-refractivity contribution in [2.24, 2.45) is 0 Å². The SMILES string of the molecule is Cc1cccc(-c2ccc3c(c2)c2cc(-c4cccc(C)c4)ccc2n3-c2cc(C#N)c(-c3ccncc3)cc2-n2c3ccc(-c4cccc(C)c4)cc3c3cc(-c4cccc(C)c4)ccc32)c1. The van der Waals surface area contributed by atoms with Crippen LogP contribution in [0.3, 0.4) is 0 Å². The van der Waals surface area contributed by atoms with E-state index in [9.17, 15) is 5.26 Å². The van der Waals surface area contributed by atoms with Gasteiger partial charge in [0.1, 0.15) is 0 Å². The van der Waals surface area contributed by atoms with Gasteiger partial charge >= 0.3 is 0 Å². The fourth-order valence-corrected chi connectivity index (χ4v) is 10.4. The van der Waals surface area contributed by atoms with Crippen LogP contribution in [0.4, 0.5) is 0 Å². The molecule has 0 aliphatic carbocycles. The Morgan fingerprint density at radius 1 is 0.338 bits per heavy atom. The molecule has 68 heavy (non-hydrogen) atoms. The molecule has 322 valence electrons. The molecule has 0 fully saturated rings. The predicted octanol–water partition coefficient (Wildman–Crippen LogP) is 16.7. The van der Waals surface area contributed by atoms with Crippen molar-refractivity contribution in [2.75, 3.05) is 0 Å². The smallest absolute Gasteiger partial charge is 0.0998 e. The van der Waals surface area contributed by atoms with Crippen molar-refractivity contribution in [3.63, 3.8) is 0 Å². The Bertz CT molecular complexity index is 3820. The molecule has 0 atom stereocenters. The van der Waals surface area contributed by atoms with Crippen LogP contribution in [-0.2, 0) is 0 Å². The van der Waals surface area contributed by atoms with Gasteiger partial charge in [-0.2, -0.15) is 5.26 Å². The summed E-state index contributed by atoms with van der Waals surface area (Å²) in [5.74, 6) is 0. The molecule has 12 aromatic rings. The molecule has 0 N–H and O–H groups in total. The van der Waals surface area contributed by atoms with Gasteiger partial charge in [-0.3, -0.25) is 4.98 Å². The van der Waals surface area contributed by atoms with Gasteiger partial charge in [0.2, 0.25) is 0 Å². The fourth-order valence-electron chi connectivity index (χ4n) is 10.4. The minimum absolute atomic E-state index is 0.585. The highest BCUT2D eigenvalue weighted by Gasteiger charge is 2.24. The molecule has 4 heteroatoms. The van der Waals surface area contributed by atoms with Crippen molar-refractivity contribution < 1.29 is 0 Å². The van der Waals surface area contributed by atoms with Crippen LogP contribution in [0, 0.1) is 39.0 Å². The normalized spacial score (nSPS) is 11.5. The Balaban J connectivity index is 1.20. The van der Waals surface area contributed by atoms with Crippen LogP contribution in [0.5, 0.6) is 0 Å². The lowest BCUT2D eigenvalue weighted by molar-refractivity contribution is 1.09. The van der Waals surface area contributed by atoms with Crippen LogP contribution < -0.4 is 0 Å². The molecule has 0 amide bonds.